The normalized spacial score (nSPS) is 22.0. The van der Waals surface area contributed by atoms with E-state index >= 15 is 0 Å². The minimum absolute atomic E-state index is 0.0625. The van der Waals surface area contributed by atoms with Gasteiger partial charge < -0.3 is 18.9 Å². The van der Waals surface area contributed by atoms with E-state index in [0.29, 0.717) is 17.5 Å². The van der Waals surface area contributed by atoms with E-state index in [2.05, 4.69) is 0 Å². The van der Waals surface area contributed by atoms with Crippen LogP contribution in [0.2, 0.25) is 0 Å². The molecule has 136 valence electrons. The summed E-state index contributed by atoms with van der Waals surface area (Å²) in [4.78, 5) is 24.2. The summed E-state index contributed by atoms with van der Waals surface area (Å²) in [5.74, 6) is -0.865. The quantitative estimate of drug-likeness (QED) is 0.741. The Bertz CT molecular complexity index is 730. The predicted molar refractivity (Wildman–Crippen MR) is 92.7 cm³/mol. The van der Waals surface area contributed by atoms with Crippen molar-refractivity contribution in [2.24, 2.45) is 0 Å². The maximum Gasteiger partial charge on any atom is 0.338 e. The first-order valence-corrected chi connectivity index (χ1v) is 8.34. The van der Waals surface area contributed by atoms with Crippen molar-refractivity contribution in [2.45, 2.75) is 24.9 Å². The van der Waals surface area contributed by atoms with Crippen LogP contribution in [-0.2, 0) is 18.9 Å². The van der Waals surface area contributed by atoms with Gasteiger partial charge in [-0.1, -0.05) is 36.4 Å². The first kappa shape index (κ1) is 18.1. The van der Waals surface area contributed by atoms with E-state index in [-0.39, 0.29) is 6.61 Å². The zero-order chi connectivity index (χ0) is 18.4. The number of esters is 2. The zero-order valence-electron chi connectivity index (χ0n) is 14.4. The number of rotatable bonds is 6. The lowest BCUT2D eigenvalue weighted by atomic mass is 10.2. The Labute approximate surface area is 151 Å². The highest BCUT2D eigenvalue weighted by atomic mass is 16.7. The van der Waals surface area contributed by atoms with Crippen molar-refractivity contribution in [1.29, 1.82) is 0 Å². The Kier molecular flexibility index (Phi) is 5.99. The van der Waals surface area contributed by atoms with Gasteiger partial charge in [-0.15, -0.1) is 0 Å². The molecule has 6 heteroatoms. The summed E-state index contributed by atoms with van der Waals surface area (Å²) in [5.41, 5.74) is 0.933. The van der Waals surface area contributed by atoms with Gasteiger partial charge in [-0.3, -0.25) is 0 Å². The summed E-state index contributed by atoms with van der Waals surface area (Å²) >= 11 is 0. The molecule has 3 atom stereocenters. The molecular formula is C20H20O6. The van der Waals surface area contributed by atoms with Gasteiger partial charge in [0.2, 0.25) is 0 Å². The number of benzene rings is 2. The Hall–Kier alpha value is -2.70. The van der Waals surface area contributed by atoms with E-state index in [4.69, 9.17) is 18.9 Å². The smallest absolute Gasteiger partial charge is 0.338 e. The molecule has 0 aromatic heterocycles. The molecule has 2 aromatic carbocycles. The molecule has 1 fully saturated rings. The summed E-state index contributed by atoms with van der Waals surface area (Å²) in [6.45, 7) is 0.0625. The highest BCUT2D eigenvalue weighted by Gasteiger charge is 2.39. The average molecular weight is 356 g/mol. The molecule has 3 rings (SSSR count). The number of ether oxygens (including phenoxy) is 4. The van der Waals surface area contributed by atoms with E-state index < -0.39 is 30.4 Å². The largest absolute Gasteiger partial charge is 0.459 e. The van der Waals surface area contributed by atoms with E-state index in [1.807, 2.05) is 12.1 Å². The lowest BCUT2D eigenvalue weighted by Crippen LogP contribution is -2.28. The molecule has 0 bridgehead atoms. The second-order valence-corrected chi connectivity index (χ2v) is 5.87. The second kappa shape index (κ2) is 8.60. The van der Waals surface area contributed by atoms with Crippen LogP contribution in [0.4, 0.5) is 0 Å². The summed E-state index contributed by atoms with van der Waals surface area (Å²) in [7, 11) is 1.48. The Morgan fingerprint density at radius 1 is 0.962 bits per heavy atom. The number of hydrogen-bond acceptors (Lipinski definition) is 6. The molecule has 1 saturated heterocycles. The van der Waals surface area contributed by atoms with Gasteiger partial charge in [-0.05, 0) is 24.3 Å². The van der Waals surface area contributed by atoms with Crippen LogP contribution >= 0.6 is 0 Å². The van der Waals surface area contributed by atoms with Gasteiger partial charge in [0.05, 0.1) is 17.2 Å². The standard InChI is InChI=1S/C20H20O6/c1-23-20-17(26-19(22)15-10-6-3-7-11-15)12-16(25-20)13-24-18(21)14-8-4-2-5-9-14/h2-11,16-17,20H,12-13H2,1H3/t16-,17-,20+/m1/s1. The van der Waals surface area contributed by atoms with Gasteiger partial charge in [0, 0.05) is 13.5 Å². The lowest BCUT2D eigenvalue weighted by molar-refractivity contribution is -0.154. The number of carbonyl (C=O) groups excluding carboxylic acids is 2. The molecule has 1 aliphatic rings. The fraction of sp³-hybridized carbons (Fsp3) is 0.300. The first-order valence-electron chi connectivity index (χ1n) is 8.34. The van der Waals surface area contributed by atoms with Crippen molar-refractivity contribution in [3.8, 4) is 0 Å². The molecular weight excluding hydrogens is 336 g/mol. The first-order chi connectivity index (χ1) is 12.7. The minimum Gasteiger partial charge on any atom is -0.459 e. The zero-order valence-corrected chi connectivity index (χ0v) is 14.4. The number of methoxy groups -OCH3 is 1. The van der Waals surface area contributed by atoms with Crippen LogP contribution in [-0.4, -0.2) is 44.2 Å². The third kappa shape index (κ3) is 4.47. The monoisotopic (exact) mass is 356 g/mol. The van der Waals surface area contributed by atoms with E-state index in [1.165, 1.54) is 7.11 Å². The predicted octanol–water partition coefficient (Wildman–Crippen LogP) is 2.83. The van der Waals surface area contributed by atoms with Crippen LogP contribution < -0.4 is 0 Å². The summed E-state index contributed by atoms with van der Waals surface area (Å²) in [5, 5.41) is 0. The highest BCUT2D eigenvalue weighted by Crippen LogP contribution is 2.25. The van der Waals surface area contributed by atoms with Crippen LogP contribution in [0.3, 0.4) is 0 Å². The molecule has 0 radical (unpaired) electrons. The van der Waals surface area contributed by atoms with Crippen molar-refractivity contribution < 1.29 is 28.5 Å². The molecule has 0 N–H and O–H groups in total. The minimum atomic E-state index is -0.692. The van der Waals surface area contributed by atoms with Crippen LogP contribution in [0.1, 0.15) is 27.1 Å². The molecule has 0 spiro atoms. The topological polar surface area (TPSA) is 71.1 Å². The van der Waals surface area contributed by atoms with Crippen LogP contribution in [0.5, 0.6) is 0 Å². The number of hydrogen-bond donors (Lipinski definition) is 0. The van der Waals surface area contributed by atoms with Gasteiger partial charge in [0.25, 0.3) is 0 Å². The van der Waals surface area contributed by atoms with E-state index in [9.17, 15) is 9.59 Å². The van der Waals surface area contributed by atoms with Crippen molar-refractivity contribution in [3.63, 3.8) is 0 Å². The van der Waals surface area contributed by atoms with Crippen molar-refractivity contribution in [1.82, 2.24) is 0 Å². The average Bonchev–Trinajstić information content (AvgIpc) is 3.09. The highest BCUT2D eigenvalue weighted by molar-refractivity contribution is 5.89. The molecule has 0 amide bonds. The van der Waals surface area contributed by atoms with Gasteiger partial charge in [-0.2, -0.15) is 0 Å². The van der Waals surface area contributed by atoms with E-state index in [1.54, 1.807) is 48.5 Å². The van der Waals surface area contributed by atoms with Crippen LogP contribution in [0.25, 0.3) is 0 Å². The molecule has 26 heavy (non-hydrogen) atoms. The van der Waals surface area contributed by atoms with Crippen molar-refractivity contribution in [3.05, 3.63) is 71.8 Å². The molecule has 0 saturated carbocycles. The fourth-order valence-corrected chi connectivity index (χ4v) is 2.73. The third-order valence-electron chi connectivity index (χ3n) is 4.04. The van der Waals surface area contributed by atoms with Gasteiger partial charge in [-0.25, -0.2) is 9.59 Å². The van der Waals surface area contributed by atoms with Crippen molar-refractivity contribution >= 4 is 11.9 Å². The van der Waals surface area contributed by atoms with E-state index in [0.717, 1.165) is 0 Å². The maximum absolute atomic E-state index is 12.2. The second-order valence-electron chi connectivity index (χ2n) is 5.87. The molecule has 0 aliphatic carbocycles. The van der Waals surface area contributed by atoms with Gasteiger partial charge >= 0.3 is 11.9 Å². The fourth-order valence-electron chi connectivity index (χ4n) is 2.73. The summed E-state index contributed by atoms with van der Waals surface area (Å²) in [6.07, 6.45) is -1.27. The summed E-state index contributed by atoms with van der Waals surface area (Å²) in [6, 6.07) is 17.4. The molecule has 2 aromatic rings. The Balaban J connectivity index is 1.53. The van der Waals surface area contributed by atoms with Crippen molar-refractivity contribution in [2.75, 3.05) is 13.7 Å². The van der Waals surface area contributed by atoms with Gasteiger partial charge in [0.1, 0.15) is 6.61 Å². The Morgan fingerprint density at radius 3 is 2.12 bits per heavy atom. The van der Waals surface area contributed by atoms with Crippen LogP contribution in [0.15, 0.2) is 60.7 Å². The summed E-state index contributed by atoms with van der Waals surface area (Å²) < 4.78 is 21.7. The molecule has 1 heterocycles. The molecule has 1 aliphatic heterocycles. The molecule has 0 unspecified atom stereocenters. The Morgan fingerprint density at radius 2 is 1.54 bits per heavy atom. The maximum atomic E-state index is 12.2. The SMILES string of the molecule is CO[C@H]1O[C@@H](COC(=O)c2ccccc2)C[C@H]1OC(=O)c1ccccc1. The number of carbonyl (C=O) groups is 2. The lowest BCUT2D eigenvalue weighted by Gasteiger charge is -2.17. The third-order valence-corrected chi connectivity index (χ3v) is 4.04. The van der Waals surface area contributed by atoms with Gasteiger partial charge in [0.15, 0.2) is 12.4 Å². The van der Waals surface area contributed by atoms with Crippen LogP contribution in [0, 0.1) is 0 Å². The molecule has 6 nitrogen and oxygen atoms in total.